The van der Waals surface area contributed by atoms with Gasteiger partial charge in [-0.2, -0.15) is 0 Å². The van der Waals surface area contributed by atoms with E-state index in [1.54, 1.807) is 12.1 Å². The number of nitrogens with zero attached hydrogens (tertiary/aromatic N) is 2. The summed E-state index contributed by atoms with van der Waals surface area (Å²) in [6.45, 7) is 1.70. The van der Waals surface area contributed by atoms with Crippen LogP contribution in [0.3, 0.4) is 0 Å². The van der Waals surface area contributed by atoms with Crippen LogP contribution >= 0.6 is 0 Å². The Morgan fingerprint density at radius 3 is 2.32 bits per heavy atom. The van der Waals surface area contributed by atoms with Crippen LogP contribution in [-0.4, -0.2) is 33.7 Å². The second kappa shape index (κ2) is 10.4. The SMILES string of the molecule is Cc1ccc(-c2c(C3c4ccccc4C(=O)N3CC(=O)NNC(=O)c3ccccc3F)c3ccccc3n2C)cc1. The number of carbonyl (C=O) groups is 3. The lowest BCUT2D eigenvalue weighted by Crippen LogP contribution is -2.47. The molecule has 1 atom stereocenters. The first-order valence-corrected chi connectivity index (χ1v) is 13.2. The molecule has 0 bridgehead atoms. The minimum absolute atomic E-state index is 0.200. The molecular formula is C33H27FN4O3. The lowest BCUT2D eigenvalue weighted by atomic mass is 9.93. The summed E-state index contributed by atoms with van der Waals surface area (Å²) in [6, 6.07) is 28.5. The van der Waals surface area contributed by atoms with Gasteiger partial charge in [0, 0.05) is 29.1 Å². The maximum Gasteiger partial charge on any atom is 0.272 e. The Kier molecular flexibility index (Phi) is 6.59. The number of aryl methyl sites for hydroxylation is 2. The van der Waals surface area contributed by atoms with Gasteiger partial charge in [0.2, 0.25) is 0 Å². The minimum atomic E-state index is -0.792. The molecule has 2 N–H and O–H groups in total. The van der Waals surface area contributed by atoms with Crippen LogP contribution in [0.2, 0.25) is 0 Å². The summed E-state index contributed by atoms with van der Waals surface area (Å²) < 4.78 is 16.2. The highest BCUT2D eigenvalue weighted by Crippen LogP contribution is 2.46. The van der Waals surface area contributed by atoms with Crippen molar-refractivity contribution in [2.75, 3.05) is 6.54 Å². The number of hydrazine groups is 1. The number of fused-ring (bicyclic) bond motifs is 2. The molecule has 4 aromatic carbocycles. The van der Waals surface area contributed by atoms with Crippen molar-refractivity contribution in [2.45, 2.75) is 13.0 Å². The van der Waals surface area contributed by atoms with Crippen LogP contribution in [0.4, 0.5) is 4.39 Å². The number of nitrogens with one attached hydrogen (secondary N) is 2. The number of halogens is 1. The van der Waals surface area contributed by atoms with Gasteiger partial charge in [-0.25, -0.2) is 4.39 Å². The number of hydrogen-bond acceptors (Lipinski definition) is 3. The Bertz CT molecular complexity index is 1830. The van der Waals surface area contributed by atoms with Gasteiger partial charge in [0.15, 0.2) is 0 Å². The summed E-state index contributed by atoms with van der Waals surface area (Å²) in [7, 11) is 2.00. The highest BCUT2D eigenvalue weighted by Gasteiger charge is 2.41. The van der Waals surface area contributed by atoms with Crippen molar-refractivity contribution in [3.8, 4) is 11.3 Å². The lowest BCUT2D eigenvalue weighted by molar-refractivity contribution is -0.122. The van der Waals surface area contributed by atoms with E-state index in [4.69, 9.17) is 0 Å². The summed E-state index contributed by atoms with van der Waals surface area (Å²) in [6.07, 6.45) is 0. The summed E-state index contributed by atoms with van der Waals surface area (Å²) in [5, 5.41) is 0.971. The molecule has 1 aliphatic heterocycles. The standard InChI is InChI=1S/C33H27FN4O3/c1-20-15-17-21(18-16-20)30-29(25-12-6-8-14-27(25)37(30)2)31-22-9-3-4-10-23(22)33(41)38(31)19-28(39)35-36-32(40)24-11-5-7-13-26(24)34/h3-18,31H,19H2,1-2H3,(H,35,39)(H,36,40). The topological polar surface area (TPSA) is 83.4 Å². The minimum Gasteiger partial charge on any atom is -0.343 e. The van der Waals surface area contributed by atoms with Crippen molar-refractivity contribution in [3.63, 3.8) is 0 Å². The average molecular weight is 547 g/mol. The number of para-hydroxylation sites is 1. The molecule has 3 amide bonds. The number of aromatic nitrogens is 1. The Labute approximate surface area is 236 Å². The zero-order valence-corrected chi connectivity index (χ0v) is 22.5. The molecule has 1 aromatic heterocycles. The van der Waals surface area contributed by atoms with E-state index >= 15 is 0 Å². The molecule has 6 rings (SSSR count). The molecule has 0 radical (unpaired) electrons. The monoisotopic (exact) mass is 546 g/mol. The van der Waals surface area contributed by atoms with Crippen molar-refractivity contribution in [1.29, 1.82) is 0 Å². The summed E-state index contributed by atoms with van der Waals surface area (Å²) >= 11 is 0. The average Bonchev–Trinajstić information content (AvgIpc) is 3.42. The Morgan fingerprint density at radius 1 is 0.854 bits per heavy atom. The summed E-state index contributed by atoms with van der Waals surface area (Å²) in [5.41, 5.74) is 10.7. The van der Waals surface area contributed by atoms with Crippen molar-refractivity contribution < 1.29 is 18.8 Å². The number of carbonyl (C=O) groups excluding carboxylic acids is 3. The predicted octanol–water partition coefficient (Wildman–Crippen LogP) is 5.30. The first-order chi connectivity index (χ1) is 19.8. The van der Waals surface area contributed by atoms with E-state index in [0.29, 0.717) is 5.56 Å². The first kappa shape index (κ1) is 26.0. The smallest absolute Gasteiger partial charge is 0.272 e. The molecule has 1 unspecified atom stereocenters. The van der Waals surface area contributed by atoms with Crippen molar-refractivity contribution >= 4 is 28.6 Å². The number of amides is 3. The molecule has 0 aliphatic carbocycles. The zero-order valence-electron chi connectivity index (χ0n) is 22.5. The fourth-order valence-corrected chi connectivity index (χ4v) is 5.64. The highest BCUT2D eigenvalue weighted by molar-refractivity contribution is 6.04. The maximum absolute atomic E-state index is 14.0. The molecule has 41 heavy (non-hydrogen) atoms. The third-order valence-electron chi connectivity index (χ3n) is 7.55. The maximum atomic E-state index is 14.0. The van der Waals surface area contributed by atoms with Crippen molar-refractivity contribution in [3.05, 3.63) is 131 Å². The molecule has 1 aliphatic rings. The normalized spacial score (nSPS) is 14.3. The predicted molar refractivity (Wildman–Crippen MR) is 154 cm³/mol. The van der Waals surface area contributed by atoms with E-state index in [-0.39, 0.29) is 18.0 Å². The molecule has 0 saturated heterocycles. The number of rotatable bonds is 5. The molecule has 2 heterocycles. The number of hydrogen-bond donors (Lipinski definition) is 2. The first-order valence-electron chi connectivity index (χ1n) is 13.2. The second-order valence-electron chi connectivity index (χ2n) is 10.1. The molecule has 204 valence electrons. The van der Waals surface area contributed by atoms with Crippen molar-refractivity contribution in [2.24, 2.45) is 7.05 Å². The van der Waals surface area contributed by atoms with E-state index in [2.05, 4.69) is 27.6 Å². The van der Waals surface area contributed by atoms with Crippen LogP contribution in [0.5, 0.6) is 0 Å². The van der Waals surface area contributed by atoms with Gasteiger partial charge in [0.1, 0.15) is 12.4 Å². The zero-order chi connectivity index (χ0) is 28.7. The molecule has 7 nitrogen and oxygen atoms in total. The Hall–Kier alpha value is -5.24. The van der Waals surface area contributed by atoms with Crippen LogP contribution in [0.15, 0.2) is 97.1 Å². The molecule has 5 aromatic rings. The van der Waals surface area contributed by atoms with Crippen LogP contribution in [0.1, 0.15) is 43.4 Å². The van der Waals surface area contributed by atoms with Gasteiger partial charge in [-0.15, -0.1) is 0 Å². The highest BCUT2D eigenvalue weighted by atomic mass is 19.1. The molecule has 0 fully saturated rings. The van der Waals surface area contributed by atoms with Crippen LogP contribution in [0, 0.1) is 12.7 Å². The van der Waals surface area contributed by atoms with Crippen LogP contribution in [-0.2, 0) is 11.8 Å². The van der Waals surface area contributed by atoms with Gasteiger partial charge in [-0.3, -0.25) is 25.2 Å². The van der Waals surface area contributed by atoms with E-state index in [9.17, 15) is 18.8 Å². The Balaban J connectivity index is 1.40. The molecule has 0 spiro atoms. The third-order valence-corrected chi connectivity index (χ3v) is 7.55. The van der Waals surface area contributed by atoms with Gasteiger partial charge in [-0.1, -0.05) is 78.4 Å². The van der Waals surface area contributed by atoms with E-state index in [1.165, 1.54) is 23.1 Å². The van der Waals surface area contributed by atoms with Gasteiger partial charge in [-0.05, 0) is 42.3 Å². The second-order valence-corrected chi connectivity index (χ2v) is 10.1. The Morgan fingerprint density at radius 2 is 1.54 bits per heavy atom. The number of benzene rings is 4. The summed E-state index contributed by atoms with van der Waals surface area (Å²) in [5.74, 6) is -2.40. The molecular weight excluding hydrogens is 519 g/mol. The van der Waals surface area contributed by atoms with E-state index < -0.39 is 23.7 Å². The van der Waals surface area contributed by atoms with Crippen LogP contribution in [0.25, 0.3) is 22.2 Å². The van der Waals surface area contributed by atoms with Gasteiger partial charge in [0.05, 0.1) is 17.3 Å². The quantitative estimate of drug-likeness (QED) is 0.294. The largest absolute Gasteiger partial charge is 0.343 e. The van der Waals surface area contributed by atoms with Gasteiger partial charge < -0.3 is 9.47 Å². The van der Waals surface area contributed by atoms with Gasteiger partial charge >= 0.3 is 0 Å². The fraction of sp³-hybridized carbons (Fsp3) is 0.121. The van der Waals surface area contributed by atoms with Crippen LogP contribution < -0.4 is 10.9 Å². The third kappa shape index (κ3) is 4.53. The van der Waals surface area contributed by atoms with Crippen molar-refractivity contribution in [1.82, 2.24) is 20.3 Å². The van der Waals surface area contributed by atoms with Gasteiger partial charge in [0.25, 0.3) is 17.7 Å². The fourth-order valence-electron chi connectivity index (χ4n) is 5.64. The summed E-state index contributed by atoms with van der Waals surface area (Å²) in [4.78, 5) is 40.9. The molecule has 0 saturated carbocycles. The van der Waals surface area contributed by atoms with E-state index in [0.717, 1.165) is 44.9 Å². The molecule has 8 heteroatoms. The van der Waals surface area contributed by atoms with E-state index in [1.807, 2.05) is 62.5 Å². The lowest BCUT2D eigenvalue weighted by Gasteiger charge is -2.26.